The van der Waals surface area contributed by atoms with Crippen LogP contribution in [0.2, 0.25) is 0 Å². The SMILES string of the molecule is O=C1NC[C@@H](C(=O)N2CCN(c3ccccc3)C(=O)C2)N1. The normalized spacial score (nSPS) is 22.0. The molecule has 0 aromatic heterocycles. The van der Waals surface area contributed by atoms with Crippen molar-refractivity contribution in [2.24, 2.45) is 0 Å². The first-order valence-corrected chi connectivity index (χ1v) is 6.84. The molecule has 0 radical (unpaired) electrons. The number of amides is 4. The fraction of sp³-hybridized carbons (Fsp3) is 0.357. The lowest BCUT2D eigenvalue weighted by atomic mass is 10.2. The van der Waals surface area contributed by atoms with Crippen LogP contribution in [0.15, 0.2) is 30.3 Å². The van der Waals surface area contributed by atoms with Gasteiger partial charge in [-0.05, 0) is 12.1 Å². The van der Waals surface area contributed by atoms with Crippen LogP contribution in [0.25, 0.3) is 0 Å². The molecule has 4 amide bonds. The lowest BCUT2D eigenvalue weighted by Gasteiger charge is -2.35. The van der Waals surface area contributed by atoms with E-state index >= 15 is 0 Å². The zero-order valence-corrected chi connectivity index (χ0v) is 11.4. The van der Waals surface area contributed by atoms with Gasteiger partial charge < -0.3 is 20.4 Å². The number of nitrogens with zero attached hydrogens (tertiary/aromatic N) is 2. The Hall–Kier alpha value is -2.57. The molecular weight excluding hydrogens is 272 g/mol. The summed E-state index contributed by atoms with van der Waals surface area (Å²) >= 11 is 0. The highest BCUT2D eigenvalue weighted by Crippen LogP contribution is 2.17. The van der Waals surface area contributed by atoms with Crippen molar-refractivity contribution in [3.8, 4) is 0 Å². The monoisotopic (exact) mass is 288 g/mol. The highest BCUT2D eigenvalue weighted by Gasteiger charge is 2.34. The summed E-state index contributed by atoms with van der Waals surface area (Å²) < 4.78 is 0. The van der Waals surface area contributed by atoms with Gasteiger partial charge in [0.2, 0.25) is 11.8 Å². The Balaban J connectivity index is 1.64. The minimum absolute atomic E-state index is 0.0418. The number of nitrogens with one attached hydrogen (secondary N) is 2. The lowest BCUT2D eigenvalue weighted by molar-refractivity contribution is -0.138. The Kier molecular flexibility index (Phi) is 3.47. The van der Waals surface area contributed by atoms with Crippen LogP contribution in [0.1, 0.15) is 0 Å². The number of carbonyl (C=O) groups excluding carboxylic acids is 3. The van der Waals surface area contributed by atoms with Crippen molar-refractivity contribution in [1.29, 1.82) is 0 Å². The number of rotatable bonds is 2. The number of para-hydroxylation sites is 1. The van der Waals surface area contributed by atoms with E-state index in [1.165, 1.54) is 4.90 Å². The number of hydrogen-bond donors (Lipinski definition) is 2. The fourth-order valence-corrected chi connectivity index (χ4v) is 2.57. The van der Waals surface area contributed by atoms with E-state index in [1.54, 1.807) is 4.90 Å². The van der Waals surface area contributed by atoms with E-state index in [2.05, 4.69) is 10.6 Å². The molecule has 2 saturated heterocycles. The third-order valence-corrected chi connectivity index (χ3v) is 3.67. The van der Waals surface area contributed by atoms with Gasteiger partial charge in [0.1, 0.15) is 12.6 Å². The Morgan fingerprint density at radius 3 is 2.52 bits per heavy atom. The maximum absolute atomic E-state index is 12.2. The van der Waals surface area contributed by atoms with Gasteiger partial charge in [-0.15, -0.1) is 0 Å². The van der Waals surface area contributed by atoms with Crippen molar-refractivity contribution >= 4 is 23.5 Å². The standard InChI is InChI=1S/C14H16N4O3/c19-12-9-17(13(20)11-8-15-14(21)16-11)6-7-18(12)10-4-2-1-3-5-10/h1-5,11H,6-9H2,(H2,15,16,21)/t11-/m0/s1. The largest absolute Gasteiger partial charge is 0.336 e. The molecule has 2 N–H and O–H groups in total. The average Bonchev–Trinajstić information content (AvgIpc) is 2.94. The van der Waals surface area contributed by atoms with Gasteiger partial charge in [0.25, 0.3) is 0 Å². The highest BCUT2D eigenvalue weighted by molar-refractivity contribution is 5.99. The molecule has 1 atom stereocenters. The molecule has 2 heterocycles. The van der Waals surface area contributed by atoms with Gasteiger partial charge in [-0.1, -0.05) is 18.2 Å². The molecule has 2 fully saturated rings. The smallest absolute Gasteiger partial charge is 0.315 e. The quantitative estimate of drug-likeness (QED) is 0.773. The number of benzene rings is 1. The first-order chi connectivity index (χ1) is 10.1. The molecule has 1 aromatic carbocycles. The summed E-state index contributed by atoms with van der Waals surface area (Å²) in [5, 5.41) is 5.09. The molecule has 0 aliphatic carbocycles. The predicted octanol–water partition coefficient (Wildman–Crippen LogP) is -0.457. The highest BCUT2D eigenvalue weighted by atomic mass is 16.2. The molecule has 7 heteroatoms. The van der Waals surface area contributed by atoms with Crippen molar-refractivity contribution in [1.82, 2.24) is 15.5 Å². The van der Waals surface area contributed by atoms with E-state index in [-0.39, 0.29) is 30.9 Å². The molecular formula is C14H16N4O3. The molecule has 7 nitrogen and oxygen atoms in total. The Labute approximate surface area is 121 Å². The van der Waals surface area contributed by atoms with E-state index in [0.29, 0.717) is 13.1 Å². The van der Waals surface area contributed by atoms with Crippen LogP contribution in [0, 0.1) is 0 Å². The van der Waals surface area contributed by atoms with Crippen LogP contribution >= 0.6 is 0 Å². The van der Waals surface area contributed by atoms with E-state index < -0.39 is 6.04 Å². The zero-order valence-electron chi connectivity index (χ0n) is 11.4. The van der Waals surface area contributed by atoms with Crippen LogP contribution in [-0.2, 0) is 9.59 Å². The topological polar surface area (TPSA) is 81.8 Å². The van der Waals surface area contributed by atoms with E-state index in [4.69, 9.17) is 0 Å². The summed E-state index contributed by atoms with van der Waals surface area (Å²) in [5.41, 5.74) is 0.838. The van der Waals surface area contributed by atoms with Gasteiger partial charge >= 0.3 is 6.03 Å². The lowest BCUT2D eigenvalue weighted by Crippen LogP contribution is -2.56. The van der Waals surface area contributed by atoms with Gasteiger partial charge in [-0.2, -0.15) is 0 Å². The van der Waals surface area contributed by atoms with Gasteiger partial charge in [0, 0.05) is 25.3 Å². The summed E-state index contributed by atoms with van der Waals surface area (Å²) in [4.78, 5) is 38.7. The van der Waals surface area contributed by atoms with Crippen LogP contribution in [-0.4, -0.2) is 55.0 Å². The van der Waals surface area contributed by atoms with Crippen LogP contribution in [0.3, 0.4) is 0 Å². The maximum atomic E-state index is 12.2. The fourth-order valence-electron chi connectivity index (χ4n) is 2.57. The maximum Gasteiger partial charge on any atom is 0.315 e. The minimum Gasteiger partial charge on any atom is -0.336 e. The second-order valence-electron chi connectivity index (χ2n) is 5.05. The average molecular weight is 288 g/mol. The number of piperazine rings is 1. The Morgan fingerprint density at radius 1 is 1.14 bits per heavy atom. The first-order valence-electron chi connectivity index (χ1n) is 6.84. The van der Waals surface area contributed by atoms with Gasteiger partial charge in [0.05, 0.1) is 0 Å². The van der Waals surface area contributed by atoms with E-state index in [0.717, 1.165) is 5.69 Å². The van der Waals surface area contributed by atoms with Crippen molar-refractivity contribution in [3.63, 3.8) is 0 Å². The summed E-state index contributed by atoms with van der Waals surface area (Å²) in [5.74, 6) is -0.326. The van der Waals surface area contributed by atoms with Crippen LogP contribution in [0.4, 0.5) is 10.5 Å². The molecule has 0 bridgehead atoms. The number of hydrogen-bond acceptors (Lipinski definition) is 3. The van der Waals surface area contributed by atoms with Crippen molar-refractivity contribution < 1.29 is 14.4 Å². The summed E-state index contributed by atoms with van der Waals surface area (Å²) in [6.45, 7) is 1.24. The molecule has 2 aliphatic rings. The summed E-state index contributed by atoms with van der Waals surface area (Å²) in [6, 6.07) is 8.46. The van der Waals surface area contributed by atoms with Crippen molar-refractivity contribution in [2.75, 3.05) is 31.1 Å². The molecule has 1 aromatic rings. The minimum atomic E-state index is -0.575. The molecule has 0 unspecified atom stereocenters. The zero-order chi connectivity index (χ0) is 14.8. The number of urea groups is 1. The van der Waals surface area contributed by atoms with Gasteiger partial charge in [0.15, 0.2) is 0 Å². The Morgan fingerprint density at radius 2 is 1.90 bits per heavy atom. The van der Waals surface area contributed by atoms with E-state index in [1.807, 2.05) is 30.3 Å². The third kappa shape index (κ3) is 2.67. The van der Waals surface area contributed by atoms with Gasteiger partial charge in [-0.3, -0.25) is 9.59 Å². The number of carbonyl (C=O) groups is 3. The summed E-state index contributed by atoms with van der Waals surface area (Å²) in [6.07, 6.45) is 0. The van der Waals surface area contributed by atoms with Crippen molar-refractivity contribution in [3.05, 3.63) is 30.3 Å². The van der Waals surface area contributed by atoms with Crippen LogP contribution < -0.4 is 15.5 Å². The van der Waals surface area contributed by atoms with Gasteiger partial charge in [-0.25, -0.2) is 4.79 Å². The molecule has 21 heavy (non-hydrogen) atoms. The van der Waals surface area contributed by atoms with Crippen molar-refractivity contribution in [2.45, 2.75) is 6.04 Å². The third-order valence-electron chi connectivity index (χ3n) is 3.67. The molecule has 110 valence electrons. The van der Waals surface area contributed by atoms with E-state index in [9.17, 15) is 14.4 Å². The summed E-state index contributed by atoms with van der Waals surface area (Å²) in [7, 11) is 0. The second-order valence-corrected chi connectivity index (χ2v) is 5.05. The van der Waals surface area contributed by atoms with Crippen LogP contribution in [0.5, 0.6) is 0 Å². The second kappa shape index (κ2) is 5.43. The molecule has 0 saturated carbocycles. The molecule has 3 rings (SSSR count). The number of anilines is 1. The Bertz CT molecular complexity index is 575. The molecule has 0 spiro atoms. The predicted molar refractivity (Wildman–Crippen MR) is 75.7 cm³/mol. The first kappa shape index (κ1) is 13.4. The molecule has 2 aliphatic heterocycles.